The average Bonchev–Trinajstić information content (AvgIpc) is 3.00. The van der Waals surface area contributed by atoms with Crippen molar-refractivity contribution in [3.8, 4) is 0 Å². The SMILES string of the molecule is CCOC(CCNC(=NC)NC1CCN(C(=O)C(C)C)C1)C(C)C.I. The lowest BCUT2D eigenvalue weighted by Gasteiger charge is -2.23. The van der Waals surface area contributed by atoms with Gasteiger partial charge >= 0.3 is 0 Å². The number of nitrogens with zero attached hydrogens (tertiary/aromatic N) is 2. The van der Waals surface area contributed by atoms with Crippen LogP contribution < -0.4 is 10.6 Å². The maximum Gasteiger partial charge on any atom is 0.225 e. The van der Waals surface area contributed by atoms with E-state index in [1.807, 2.05) is 25.7 Å². The number of carbonyl (C=O) groups is 1. The zero-order valence-corrected chi connectivity index (χ0v) is 19.0. The highest BCUT2D eigenvalue weighted by Crippen LogP contribution is 2.13. The molecular formula is C18H37IN4O2. The zero-order chi connectivity index (χ0) is 18.1. The standard InChI is InChI=1S/C18H36N4O2.HI/c1-7-24-16(13(2)3)8-10-20-18(19-6)21-15-9-11-22(12-15)17(23)14(4)5;/h13-16H,7-12H2,1-6H3,(H2,19,20,21);1H. The summed E-state index contributed by atoms with van der Waals surface area (Å²) in [5.41, 5.74) is 0. The van der Waals surface area contributed by atoms with Gasteiger partial charge in [-0.2, -0.15) is 0 Å². The average molecular weight is 468 g/mol. The van der Waals surface area contributed by atoms with Crippen molar-refractivity contribution in [3.63, 3.8) is 0 Å². The number of rotatable bonds is 8. The molecule has 6 nitrogen and oxygen atoms in total. The maximum atomic E-state index is 12.1. The highest BCUT2D eigenvalue weighted by atomic mass is 127. The Bertz CT molecular complexity index is 416. The fourth-order valence-electron chi connectivity index (χ4n) is 2.99. The topological polar surface area (TPSA) is 66.0 Å². The largest absolute Gasteiger partial charge is 0.378 e. The summed E-state index contributed by atoms with van der Waals surface area (Å²) in [6, 6.07) is 0.270. The van der Waals surface area contributed by atoms with Gasteiger partial charge in [0.25, 0.3) is 0 Å². The third-order valence-corrected chi connectivity index (χ3v) is 4.40. The van der Waals surface area contributed by atoms with Crippen molar-refractivity contribution < 1.29 is 9.53 Å². The first-order valence-electron chi connectivity index (χ1n) is 9.26. The molecule has 0 spiro atoms. The van der Waals surface area contributed by atoms with E-state index in [0.717, 1.165) is 45.0 Å². The molecule has 2 unspecified atom stereocenters. The lowest BCUT2D eigenvalue weighted by Crippen LogP contribution is -2.46. The van der Waals surface area contributed by atoms with Gasteiger partial charge in [-0.3, -0.25) is 9.79 Å². The molecule has 2 N–H and O–H groups in total. The van der Waals surface area contributed by atoms with E-state index in [1.54, 1.807) is 7.05 Å². The van der Waals surface area contributed by atoms with Crippen LogP contribution in [0.2, 0.25) is 0 Å². The Labute approximate surface area is 170 Å². The lowest BCUT2D eigenvalue weighted by atomic mass is 10.0. The van der Waals surface area contributed by atoms with Crippen molar-refractivity contribution in [2.45, 2.75) is 59.6 Å². The van der Waals surface area contributed by atoms with E-state index in [1.165, 1.54) is 0 Å². The van der Waals surface area contributed by atoms with E-state index in [-0.39, 0.29) is 47.9 Å². The first-order chi connectivity index (χ1) is 11.4. The molecule has 148 valence electrons. The van der Waals surface area contributed by atoms with Crippen LogP contribution in [0, 0.1) is 11.8 Å². The van der Waals surface area contributed by atoms with Gasteiger partial charge in [0.05, 0.1) is 6.10 Å². The first-order valence-corrected chi connectivity index (χ1v) is 9.26. The molecule has 0 aromatic heterocycles. The Morgan fingerprint density at radius 1 is 1.32 bits per heavy atom. The van der Waals surface area contributed by atoms with Crippen molar-refractivity contribution in [2.75, 3.05) is 33.3 Å². The second-order valence-electron chi connectivity index (χ2n) is 7.09. The number of halogens is 1. The summed E-state index contributed by atoms with van der Waals surface area (Å²) in [5.74, 6) is 1.61. The summed E-state index contributed by atoms with van der Waals surface area (Å²) < 4.78 is 5.77. The third kappa shape index (κ3) is 8.57. The van der Waals surface area contributed by atoms with Crippen molar-refractivity contribution >= 4 is 35.8 Å². The smallest absolute Gasteiger partial charge is 0.225 e. The van der Waals surface area contributed by atoms with Crippen LogP contribution in [0.3, 0.4) is 0 Å². The van der Waals surface area contributed by atoms with Gasteiger partial charge in [0.15, 0.2) is 5.96 Å². The molecule has 1 rings (SSSR count). The molecule has 0 radical (unpaired) electrons. The minimum Gasteiger partial charge on any atom is -0.378 e. The molecule has 1 aliphatic rings. The molecule has 7 heteroatoms. The van der Waals surface area contributed by atoms with Crippen molar-refractivity contribution in [1.82, 2.24) is 15.5 Å². The van der Waals surface area contributed by atoms with Crippen LogP contribution in [0.5, 0.6) is 0 Å². The van der Waals surface area contributed by atoms with Gasteiger partial charge in [-0.15, -0.1) is 24.0 Å². The normalized spacial score (nSPS) is 19.1. The van der Waals surface area contributed by atoms with Gasteiger partial charge in [-0.25, -0.2) is 0 Å². The molecule has 1 saturated heterocycles. The maximum absolute atomic E-state index is 12.1. The van der Waals surface area contributed by atoms with Crippen molar-refractivity contribution in [2.24, 2.45) is 16.8 Å². The molecule has 1 amide bonds. The minimum absolute atomic E-state index is 0. The molecule has 1 aliphatic heterocycles. The summed E-state index contributed by atoms with van der Waals surface area (Å²) in [4.78, 5) is 18.3. The molecule has 1 fully saturated rings. The molecule has 0 aliphatic carbocycles. The number of hydrogen-bond acceptors (Lipinski definition) is 3. The van der Waals surface area contributed by atoms with Gasteiger partial charge in [0.2, 0.25) is 5.91 Å². The Morgan fingerprint density at radius 3 is 2.52 bits per heavy atom. The number of likely N-dealkylation sites (tertiary alicyclic amines) is 1. The predicted molar refractivity (Wildman–Crippen MR) is 115 cm³/mol. The van der Waals surface area contributed by atoms with Gasteiger partial charge < -0.3 is 20.3 Å². The molecule has 25 heavy (non-hydrogen) atoms. The van der Waals surface area contributed by atoms with E-state index in [0.29, 0.717) is 5.92 Å². The quantitative estimate of drug-likeness (QED) is 0.327. The van der Waals surface area contributed by atoms with E-state index in [2.05, 4.69) is 29.5 Å². The molecule has 0 aromatic rings. The number of aliphatic imine (C=N–C) groups is 1. The Balaban J connectivity index is 0.00000576. The molecule has 0 aromatic carbocycles. The second-order valence-corrected chi connectivity index (χ2v) is 7.09. The highest BCUT2D eigenvalue weighted by Gasteiger charge is 2.27. The molecule has 0 bridgehead atoms. The van der Waals surface area contributed by atoms with E-state index in [9.17, 15) is 4.79 Å². The van der Waals surface area contributed by atoms with Gasteiger partial charge in [-0.1, -0.05) is 27.7 Å². The minimum atomic E-state index is 0. The van der Waals surface area contributed by atoms with Crippen LogP contribution in [-0.4, -0.2) is 62.2 Å². The summed E-state index contributed by atoms with van der Waals surface area (Å²) >= 11 is 0. The summed E-state index contributed by atoms with van der Waals surface area (Å²) in [6.45, 7) is 13.5. The number of nitrogens with one attached hydrogen (secondary N) is 2. The fourth-order valence-corrected chi connectivity index (χ4v) is 2.99. The Hall–Kier alpha value is -0.570. The van der Waals surface area contributed by atoms with Crippen LogP contribution >= 0.6 is 24.0 Å². The fraction of sp³-hybridized carbons (Fsp3) is 0.889. The van der Waals surface area contributed by atoms with Gasteiger partial charge in [0.1, 0.15) is 0 Å². The second kappa shape index (κ2) is 12.7. The van der Waals surface area contributed by atoms with Crippen LogP contribution in [0.4, 0.5) is 0 Å². The molecule has 1 heterocycles. The van der Waals surface area contributed by atoms with Gasteiger partial charge in [-0.05, 0) is 25.7 Å². The molecular weight excluding hydrogens is 431 g/mol. The van der Waals surface area contributed by atoms with Gasteiger partial charge in [0, 0.05) is 45.2 Å². The number of amides is 1. The van der Waals surface area contributed by atoms with E-state index < -0.39 is 0 Å². The molecule has 0 saturated carbocycles. The van der Waals surface area contributed by atoms with Crippen molar-refractivity contribution in [3.05, 3.63) is 0 Å². The van der Waals surface area contributed by atoms with Crippen LogP contribution in [0.15, 0.2) is 4.99 Å². The zero-order valence-electron chi connectivity index (χ0n) is 16.7. The first kappa shape index (κ1) is 24.4. The number of ether oxygens (including phenoxy) is 1. The monoisotopic (exact) mass is 468 g/mol. The van der Waals surface area contributed by atoms with E-state index in [4.69, 9.17) is 4.74 Å². The number of carbonyl (C=O) groups excluding carboxylic acids is 1. The van der Waals surface area contributed by atoms with Crippen molar-refractivity contribution in [1.29, 1.82) is 0 Å². The summed E-state index contributed by atoms with van der Waals surface area (Å²) in [6.07, 6.45) is 2.19. The van der Waals surface area contributed by atoms with Crippen LogP contribution in [0.1, 0.15) is 47.5 Å². The Morgan fingerprint density at radius 2 is 2.00 bits per heavy atom. The number of hydrogen-bond donors (Lipinski definition) is 2. The summed E-state index contributed by atoms with van der Waals surface area (Å²) in [5, 5.41) is 6.79. The van der Waals surface area contributed by atoms with Crippen LogP contribution in [0.25, 0.3) is 0 Å². The summed E-state index contributed by atoms with van der Waals surface area (Å²) in [7, 11) is 1.78. The molecule has 2 atom stereocenters. The van der Waals surface area contributed by atoms with Crippen LogP contribution in [-0.2, 0) is 9.53 Å². The third-order valence-electron chi connectivity index (χ3n) is 4.40. The van der Waals surface area contributed by atoms with E-state index >= 15 is 0 Å². The number of guanidine groups is 1. The predicted octanol–water partition coefficient (Wildman–Crippen LogP) is 2.48. The highest BCUT2D eigenvalue weighted by molar-refractivity contribution is 14.0. The lowest BCUT2D eigenvalue weighted by molar-refractivity contribution is -0.133. The Kier molecular flexibility index (Phi) is 12.4.